The Morgan fingerprint density at radius 3 is 2.82 bits per heavy atom. The molecule has 0 aliphatic carbocycles. The van der Waals surface area contributed by atoms with Gasteiger partial charge in [0.2, 0.25) is 10.0 Å². The average Bonchev–Trinajstić information content (AvgIpc) is 3.23. The molecule has 0 amide bonds. The molecule has 1 aromatic carbocycles. The molecule has 2 aromatic rings. The van der Waals surface area contributed by atoms with Gasteiger partial charge in [-0.2, -0.15) is 4.31 Å². The molecule has 9 nitrogen and oxygen atoms in total. The second-order valence-electron chi connectivity index (χ2n) is 7.62. The van der Waals surface area contributed by atoms with Crippen LogP contribution in [0.2, 0.25) is 5.02 Å². The number of aromatic nitrogens is 1. The number of nitrogens with zero attached hydrogens (tertiary/aromatic N) is 4. The molecule has 0 bridgehead atoms. The molecule has 1 saturated heterocycles. The molecule has 1 fully saturated rings. The van der Waals surface area contributed by atoms with Crippen molar-refractivity contribution in [3.05, 3.63) is 58.0 Å². The normalized spacial score (nSPS) is 18.4. The van der Waals surface area contributed by atoms with Crippen LogP contribution in [-0.4, -0.2) is 73.1 Å². The van der Waals surface area contributed by atoms with Gasteiger partial charge in [0.15, 0.2) is 0 Å². The molecule has 33 heavy (non-hydrogen) atoms. The van der Waals surface area contributed by atoms with Gasteiger partial charge >= 0.3 is 0 Å². The smallest absolute Gasteiger partial charge is 0.216 e. The molecular formula is C21H23ClFN5O4S. The summed E-state index contributed by atoms with van der Waals surface area (Å²) in [6.45, 7) is 1.63. The SMILES string of the molecule is O=S(=O)(CCN=C1Cc2c(/C(Cc3ccc(F)c(Cl)c3)=N/O)ccnc2N1)N1CCOCC1. The molecule has 4 rings (SSSR count). The summed E-state index contributed by atoms with van der Waals surface area (Å²) in [5.41, 5.74) is 2.51. The Bertz CT molecular complexity index is 1200. The van der Waals surface area contributed by atoms with Crippen molar-refractivity contribution in [2.24, 2.45) is 10.1 Å². The van der Waals surface area contributed by atoms with E-state index in [2.05, 4.69) is 20.4 Å². The molecule has 12 heteroatoms. The highest BCUT2D eigenvalue weighted by Gasteiger charge is 2.26. The molecule has 0 radical (unpaired) electrons. The number of ether oxygens (including phenoxy) is 1. The van der Waals surface area contributed by atoms with E-state index in [1.165, 1.54) is 16.4 Å². The van der Waals surface area contributed by atoms with Crippen molar-refractivity contribution in [2.45, 2.75) is 12.8 Å². The number of benzene rings is 1. The molecule has 2 aliphatic heterocycles. The maximum atomic E-state index is 13.5. The Morgan fingerprint density at radius 2 is 2.09 bits per heavy atom. The van der Waals surface area contributed by atoms with E-state index in [0.717, 1.165) is 5.56 Å². The summed E-state index contributed by atoms with van der Waals surface area (Å²) in [6, 6.07) is 6.06. The molecule has 0 spiro atoms. The van der Waals surface area contributed by atoms with Gasteiger partial charge in [-0.05, 0) is 23.8 Å². The highest BCUT2D eigenvalue weighted by molar-refractivity contribution is 7.89. The van der Waals surface area contributed by atoms with Gasteiger partial charge in [-0.25, -0.2) is 17.8 Å². The number of pyridine rings is 1. The van der Waals surface area contributed by atoms with Crippen molar-refractivity contribution in [1.82, 2.24) is 9.29 Å². The monoisotopic (exact) mass is 495 g/mol. The van der Waals surface area contributed by atoms with Crippen LogP contribution in [0.1, 0.15) is 16.7 Å². The van der Waals surface area contributed by atoms with Gasteiger partial charge < -0.3 is 15.3 Å². The zero-order valence-electron chi connectivity index (χ0n) is 17.7. The summed E-state index contributed by atoms with van der Waals surface area (Å²) in [5.74, 6) is 0.543. The average molecular weight is 496 g/mol. The lowest BCUT2D eigenvalue weighted by atomic mass is 9.98. The number of fused-ring (bicyclic) bond motifs is 1. The number of aliphatic imine (C=N–C) groups is 1. The van der Waals surface area contributed by atoms with E-state index in [1.807, 2.05) is 0 Å². The van der Waals surface area contributed by atoms with Crippen LogP contribution in [0.15, 0.2) is 40.6 Å². The minimum absolute atomic E-state index is 0.00661. The van der Waals surface area contributed by atoms with Crippen LogP contribution in [0.3, 0.4) is 0 Å². The predicted octanol–water partition coefficient (Wildman–Crippen LogP) is 2.32. The third-order valence-electron chi connectivity index (χ3n) is 5.47. The lowest BCUT2D eigenvalue weighted by Gasteiger charge is -2.25. The maximum absolute atomic E-state index is 13.5. The van der Waals surface area contributed by atoms with E-state index < -0.39 is 15.8 Å². The largest absolute Gasteiger partial charge is 0.411 e. The Balaban J connectivity index is 1.45. The van der Waals surface area contributed by atoms with Crippen LogP contribution in [-0.2, 0) is 27.6 Å². The first-order valence-corrected chi connectivity index (χ1v) is 12.3. The van der Waals surface area contributed by atoms with Gasteiger partial charge in [-0.15, -0.1) is 0 Å². The van der Waals surface area contributed by atoms with Crippen LogP contribution in [0.4, 0.5) is 10.2 Å². The number of halogens is 2. The summed E-state index contributed by atoms with van der Waals surface area (Å²) < 4.78 is 45.0. The highest BCUT2D eigenvalue weighted by Crippen LogP contribution is 2.26. The van der Waals surface area contributed by atoms with E-state index in [0.29, 0.717) is 61.2 Å². The summed E-state index contributed by atoms with van der Waals surface area (Å²) >= 11 is 5.86. The van der Waals surface area contributed by atoms with Crippen molar-refractivity contribution in [3.63, 3.8) is 0 Å². The molecule has 2 aliphatic rings. The topological polar surface area (TPSA) is 116 Å². The van der Waals surface area contributed by atoms with Gasteiger partial charge in [-0.1, -0.05) is 22.8 Å². The summed E-state index contributed by atoms with van der Waals surface area (Å²) in [5, 5.41) is 16.2. The van der Waals surface area contributed by atoms with E-state index in [1.54, 1.807) is 18.3 Å². The highest BCUT2D eigenvalue weighted by atomic mass is 35.5. The van der Waals surface area contributed by atoms with Gasteiger partial charge in [0, 0.05) is 43.3 Å². The summed E-state index contributed by atoms with van der Waals surface area (Å²) in [7, 11) is -3.40. The van der Waals surface area contributed by atoms with Crippen molar-refractivity contribution in [3.8, 4) is 0 Å². The summed E-state index contributed by atoms with van der Waals surface area (Å²) in [6.07, 6.45) is 2.20. The molecule has 3 heterocycles. The van der Waals surface area contributed by atoms with Crippen LogP contribution in [0.25, 0.3) is 0 Å². The van der Waals surface area contributed by atoms with Crippen molar-refractivity contribution < 1.29 is 22.8 Å². The second kappa shape index (κ2) is 10.1. The predicted molar refractivity (Wildman–Crippen MR) is 123 cm³/mol. The number of morpholine rings is 1. The van der Waals surface area contributed by atoms with E-state index >= 15 is 0 Å². The fourth-order valence-corrected chi connectivity index (χ4v) is 5.26. The van der Waals surface area contributed by atoms with Gasteiger partial charge in [-0.3, -0.25) is 4.99 Å². The number of hydrogen-bond acceptors (Lipinski definition) is 7. The molecule has 176 valence electrons. The summed E-state index contributed by atoms with van der Waals surface area (Å²) in [4.78, 5) is 8.73. The molecule has 0 saturated carbocycles. The zero-order valence-corrected chi connectivity index (χ0v) is 19.2. The maximum Gasteiger partial charge on any atom is 0.216 e. The standard InChI is InChI=1S/C21H23ClFN5O4S/c22-17-11-14(1-2-18(17)23)12-19(27-29)15-3-4-25-21-16(15)13-20(26-21)24-5-10-33(30,31)28-6-8-32-9-7-28/h1-4,11,29H,5-10,12-13H2,(H,24,25,26)/b27-19+. The zero-order chi connectivity index (χ0) is 23.4. The van der Waals surface area contributed by atoms with Crippen molar-refractivity contribution in [2.75, 3.05) is 43.9 Å². The molecule has 2 N–H and O–H groups in total. The minimum Gasteiger partial charge on any atom is -0.411 e. The van der Waals surface area contributed by atoms with Crippen molar-refractivity contribution >= 4 is 39.0 Å². The van der Waals surface area contributed by atoms with E-state index in [4.69, 9.17) is 16.3 Å². The Morgan fingerprint density at radius 1 is 1.30 bits per heavy atom. The van der Waals surface area contributed by atoms with Gasteiger partial charge in [0.1, 0.15) is 17.5 Å². The van der Waals surface area contributed by atoms with E-state index in [9.17, 15) is 18.0 Å². The first-order chi connectivity index (χ1) is 15.9. The molecule has 0 unspecified atom stereocenters. The lowest BCUT2D eigenvalue weighted by Crippen LogP contribution is -2.42. The number of anilines is 1. The van der Waals surface area contributed by atoms with Gasteiger partial charge in [0.25, 0.3) is 0 Å². The van der Waals surface area contributed by atoms with Crippen LogP contribution < -0.4 is 5.32 Å². The quantitative estimate of drug-likeness (QED) is 0.346. The number of amidine groups is 1. The fraction of sp³-hybridized carbons (Fsp3) is 0.381. The third kappa shape index (κ3) is 5.49. The number of oxime groups is 1. The van der Waals surface area contributed by atoms with Crippen LogP contribution in [0.5, 0.6) is 0 Å². The second-order valence-corrected chi connectivity index (χ2v) is 10.1. The molecule has 0 atom stereocenters. The Hall–Kier alpha value is -2.60. The first kappa shape index (κ1) is 23.6. The van der Waals surface area contributed by atoms with Crippen LogP contribution in [0, 0.1) is 5.82 Å². The first-order valence-electron chi connectivity index (χ1n) is 10.4. The Kier molecular flexibility index (Phi) is 7.23. The third-order valence-corrected chi connectivity index (χ3v) is 7.61. The van der Waals surface area contributed by atoms with Crippen molar-refractivity contribution in [1.29, 1.82) is 0 Å². The molecular weight excluding hydrogens is 473 g/mol. The number of nitrogens with one attached hydrogen (secondary N) is 1. The lowest BCUT2D eigenvalue weighted by molar-refractivity contribution is 0.0731. The van der Waals surface area contributed by atoms with Crippen LogP contribution >= 0.6 is 11.6 Å². The van der Waals surface area contributed by atoms with E-state index in [-0.39, 0.29) is 23.7 Å². The Labute approximate surface area is 196 Å². The number of rotatable bonds is 7. The van der Waals surface area contributed by atoms with Gasteiger partial charge in [0.05, 0.1) is 36.2 Å². The number of sulfonamides is 1. The fourth-order valence-electron chi connectivity index (χ4n) is 3.77. The molecule has 1 aromatic heterocycles. The number of hydrogen-bond donors (Lipinski definition) is 2. The minimum atomic E-state index is -3.40.